The average Bonchev–Trinajstić information content (AvgIpc) is 2.89. The number of aromatic nitrogens is 3. The molecule has 2 aromatic rings. The maximum atomic E-state index is 10.0. The number of aryl methyl sites for hydroxylation is 1. The van der Waals surface area contributed by atoms with Crippen molar-refractivity contribution in [3.63, 3.8) is 0 Å². The number of aliphatic hydroxyl groups excluding tert-OH is 1. The van der Waals surface area contributed by atoms with E-state index in [1.165, 1.54) is 12.6 Å². The quantitative estimate of drug-likeness (QED) is 0.890. The zero-order valence-corrected chi connectivity index (χ0v) is 10.3. The number of hydrogen-bond acceptors (Lipinski definition) is 4. The van der Waals surface area contributed by atoms with Gasteiger partial charge in [0.05, 0.1) is 12.4 Å². The molecule has 0 aromatic carbocycles. The lowest BCUT2D eigenvalue weighted by molar-refractivity contribution is 0.173. The smallest absolute Gasteiger partial charge is 0.198 e. The second-order valence-electron chi connectivity index (χ2n) is 3.77. The molecule has 0 saturated heterocycles. The van der Waals surface area contributed by atoms with Crippen molar-refractivity contribution < 1.29 is 9.52 Å². The van der Waals surface area contributed by atoms with Gasteiger partial charge in [0, 0.05) is 18.5 Å². The fourth-order valence-electron chi connectivity index (χ4n) is 1.67. The molecule has 6 heteroatoms. The molecule has 17 heavy (non-hydrogen) atoms. The standard InChI is InChI=1S/C11H14ClN3O2/c1-2-4-15-10(13-7-14-15)6-9(16)8-3-5-17-11(8)12/h3,5,7,9,16H,2,4,6H2,1H3. The topological polar surface area (TPSA) is 64.1 Å². The van der Waals surface area contributed by atoms with Crippen molar-refractivity contribution in [2.24, 2.45) is 0 Å². The minimum Gasteiger partial charge on any atom is -0.453 e. The first-order valence-corrected chi connectivity index (χ1v) is 5.87. The molecule has 1 atom stereocenters. The van der Waals surface area contributed by atoms with Gasteiger partial charge in [-0.25, -0.2) is 4.98 Å². The van der Waals surface area contributed by atoms with Crippen LogP contribution in [-0.2, 0) is 13.0 Å². The van der Waals surface area contributed by atoms with E-state index >= 15 is 0 Å². The Hall–Kier alpha value is -1.33. The minimum atomic E-state index is -0.721. The van der Waals surface area contributed by atoms with Crippen LogP contribution in [0.15, 0.2) is 23.1 Å². The van der Waals surface area contributed by atoms with E-state index in [1.807, 2.05) is 0 Å². The third kappa shape index (κ3) is 2.68. The van der Waals surface area contributed by atoms with Gasteiger partial charge in [-0.15, -0.1) is 0 Å². The largest absolute Gasteiger partial charge is 0.453 e. The Bertz CT molecular complexity index is 481. The molecule has 0 amide bonds. The highest BCUT2D eigenvalue weighted by atomic mass is 35.5. The Balaban J connectivity index is 2.10. The maximum absolute atomic E-state index is 10.0. The molecular formula is C11H14ClN3O2. The molecule has 92 valence electrons. The number of rotatable bonds is 5. The SMILES string of the molecule is CCCn1ncnc1CC(O)c1ccoc1Cl. The van der Waals surface area contributed by atoms with E-state index in [-0.39, 0.29) is 5.22 Å². The van der Waals surface area contributed by atoms with Crippen molar-refractivity contribution >= 4 is 11.6 Å². The van der Waals surface area contributed by atoms with E-state index in [1.54, 1.807) is 10.7 Å². The maximum Gasteiger partial charge on any atom is 0.198 e. The summed E-state index contributed by atoms with van der Waals surface area (Å²) in [4.78, 5) is 4.13. The molecule has 1 N–H and O–H groups in total. The van der Waals surface area contributed by atoms with Gasteiger partial charge in [0.1, 0.15) is 12.2 Å². The first kappa shape index (κ1) is 12.1. The first-order chi connectivity index (χ1) is 8.22. The Kier molecular flexibility index (Phi) is 3.81. The Morgan fingerprint density at radius 3 is 3.06 bits per heavy atom. The molecule has 2 rings (SSSR count). The lowest BCUT2D eigenvalue weighted by atomic mass is 10.1. The van der Waals surface area contributed by atoms with Crippen LogP contribution in [0.5, 0.6) is 0 Å². The normalized spacial score (nSPS) is 12.9. The van der Waals surface area contributed by atoms with Gasteiger partial charge in [-0.05, 0) is 24.1 Å². The fourth-order valence-corrected chi connectivity index (χ4v) is 1.91. The number of nitrogens with zero attached hydrogens (tertiary/aromatic N) is 3. The predicted molar refractivity (Wildman–Crippen MR) is 62.7 cm³/mol. The van der Waals surface area contributed by atoms with Gasteiger partial charge in [0.15, 0.2) is 5.22 Å². The Morgan fingerprint density at radius 2 is 2.41 bits per heavy atom. The van der Waals surface area contributed by atoms with Crippen LogP contribution >= 0.6 is 11.6 Å². The summed E-state index contributed by atoms with van der Waals surface area (Å²) in [6.07, 6.45) is 3.57. The highest BCUT2D eigenvalue weighted by Gasteiger charge is 2.17. The average molecular weight is 256 g/mol. The van der Waals surface area contributed by atoms with E-state index in [0.29, 0.717) is 12.0 Å². The van der Waals surface area contributed by atoms with Gasteiger partial charge in [0.2, 0.25) is 0 Å². The molecule has 5 nitrogen and oxygen atoms in total. The van der Waals surface area contributed by atoms with E-state index in [9.17, 15) is 5.11 Å². The Labute approximate surface area is 104 Å². The van der Waals surface area contributed by atoms with Crippen LogP contribution in [0, 0.1) is 0 Å². The predicted octanol–water partition coefficient (Wildman–Crippen LogP) is 2.21. The van der Waals surface area contributed by atoms with Crippen molar-refractivity contribution in [2.75, 3.05) is 0 Å². The summed E-state index contributed by atoms with van der Waals surface area (Å²) in [5, 5.41) is 14.4. The van der Waals surface area contributed by atoms with Crippen LogP contribution in [0.3, 0.4) is 0 Å². The van der Waals surface area contributed by atoms with Gasteiger partial charge >= 0.3 is 0 Å². The summed E-state index contributed by atoms with van der Waals surface area (Å²) in [6, 6.07) is 1.66. The highest BCUT2D eigenvalue weighted by molar-refractivity contribution is 6.29. The molecule has 0 fully saturated rings. The van der Waals surface area contributed by atoms with Crippen molar-refractivity contribution in [3.8, 4) is 0 Å². The molecule has 0 aliphatic carbocycles. The molecule has 0 spiro atoms. The molecule has 0 aliphatic heterocycles. The van der Waals surface area contributed by atoms with Crippen LogP contribution in [0.2, 0.25) is 5.22 Å². The monoisotopic (exact) mass is 255 g/mol. The molecule has 1 unspecified atom stereocenters. The van der Waals surface area contributed by atoms with E-state index in [4.69, 9.17) is 16.0 Å². The van der Waals surface area contributed by atoms with E-state index in [0.717, 1.165) is 18.8 Å². The third-order valence-corrected chi connectivity index (χ3v) is 2.82. The van der Waals surface area contributed by atoms with Crippen molar-refractivity contribution in [1.82, 2.24) is 14.8 Å². The van der Waals surface area contributed by atoms with Crippen LogP contribution in [0.25, 0.3) is 0 Å². The lowest BCUT2D eigenvalue weighted by Crippen LogP contribution is -2.10. The van der Waals surface area contributed by atoms with Gasteiger partial charge in [-0.1, -0.05) is 6.92 Å². The summed E-state index contributed by atoms with van der Waals surface area (Å²) in [5.74, 6) is 0.747. The van der Waals surface area contributed by atoms with Gasteiger partial charge in [-0.2, -0.15) is 5.10 Å². The summed E-state index contributed by atoms with van der Waals surface area (Å²) in [5.41, 5.74) is 0.581. The molecular weight excluding hydrogens is 242 g/mol. The molecule has 0 saturated carbocycles. The zero-order chi connectivity index (χ0) is 12.3. The fraction of sp³-hybridized carbons (Fsp3) is 0.455. The van der Waals surface area contributed by atoms with Gasteiger partial charge in [-0.3, -0.25) is 4.68 Å². The van der Waals surface area contributed by atoms with Gasteiger partial charge in [0.25, 0.3) is 0 Å². The lowest BCUT2D eigenvalue weighted by Gasteiger charge is -2.09. The first-order valence-electron chi connectivity index (χ1n) is 5.50. The van der Waals surface area contributed by atoms with Crippen LogP contribution < -0.4 is 0 Å². The summed E-state index contributed by atoms with van der Waals surface area (Å²) in [6.45, 7) is 2.86. The van der Waals surface area contributed by atoms with Crippen LogP contribution in [0.4, 0.5) is 0 Å². The van der Waals surface area contributed by atoms with Crippen LogP contribution in [-0.4, -0.2) is 19.9 Å². The number of aliphatic hydroxyl groups is 1. The highest BCUT2D eigenvalue weighted by Crippen LogP contribution is 2.26. The van der Waals surface area contributed by atoms with E-state index < -0.39 is 6.10 Å². The van der Waals surface area contributed by atoms with Crippen molar-refractivity contribution in [2.45, 2.75) is 32.4 Å². The summed E-state index contributed by atoms with van der Waals surface area (Å²) in [7, 11) is 0. The summed E-state index contributed by atoms with van der Waals surface area (Å²) < 4.78 is 6.73. The summed E-state index contributed by atoms with van der Waals surface area (Å²) >= 11 is 5.81. The number of furan rings is 1. The molecule has 2 aromatic heterocycles. The van der Waals surface area contributed by atoms with E-state index in [2.05, 4.69) is 17.0 Å². The third-order valence-electron chi connectivity index (χ3n) is 2.51. The van der Waals surface area contributed by atoms with Crippen molar-refractivity contribution in [1.29, 1.82) is 0 Å². The molecule has 0 bridgehead atoms. The number of hydrogen-bond donors (Lipinski definition) is 1. The molecule has 0 radical (unpaired) electrons. The van der Waals surface area contributed by atoms with Gasteiger partial charge < -0.3 is 9.52 Å². The Morgan fingerprint density at radius 1 is 1.59 bits per heavy atom. The molecule has 0 aliphatic rings. The zero-order valence-electron chi connectivity index (χ0n) is 9.51. The molecule has 2 heterocycles. The second kappa shape index (κ2) is 5.33. The minimum absolute atomic E-state index is 0.221. The van der Waals surface area contributed by atoms with Crippen molar-refractivity contribution in [3.05, 3.63) is 35.3 Å². The number of halogens is 1. The second-order valence-corrected chi connectivity index (χ2v) is 4.11. The van der Waals surface area contributed by atoms with Crippen LogP contribution in [0.1, 0.15) is 30.8 Å².